The molecule has 0 saturated carbocycles. The van der Waals surface area contributed by atoms with Gasteiger partial charge >= 0.3 is 0 Å². The Morgan fingerprint density at radius 3 is 1.27 bits per heavy atom. The Labute approximate surface area is 218 Å². The van der Waals surface area contributed by atoms with Crippen LogP contribution >= 0.6 is 15.8 Å². The van der Waals surface area contributed by atoms with Crippen LogP contribution in [0.25, 0.3) is 0 Å². The molecule has 3 heteroatoms. The predicted molar refractivity (Wildman–Crippen MR) is 150 cm³/mol. The number of hydrogen-bond donors (Lipinski definition) is 0. The molecule has 0 amide bonds. The van der Waals surface area contributed by atoms with Crippen molar-refractivity contribution in [2.75, 3.05) is 0 Å². The summed E-state index contributed by atoms with van der Waals surface area (Å²) in [6.07, 6.45) is 5.82. The van der Waals surface area contributed by atoms with Crippen LogP contribution in [-0.2, 0) is 17.1 Å². The van der Waals surface area contributed by atoms with Crippen molar-refractivity contribution in [2.24, 2.45) is 23.7 Å². The Hall–Kier alpha value is 0.0795. The van der Waals surface area contributed by atoms with Gasteiger partial charge in [0.25, 0.3) is 0 Å². The van der Waals surface area contributed by atoms with E-state index in [1.54, 1.807) is 10.6 Å². The van der Waals surface area contributed by atoms with E-state index in [-0.39, 0.29) is 32.9 Å². The summed E-state index contributed by atoms with van der Waals surface area (Å²) in [4.78, 5) is 0. The van der Waals surface area contributed by atoms with Crippen LogP contribution in [0.3, 0.4) is 0 Å². The minimum atomic E-state index is 0. The molecule has 0 nitrogen and oxygen atoms in total. The van der Waals surface area contributed by atoms with Crippen molar-refractivity contribution in [3.63, 3.8) is 0 Å². The molecule has 0 aromatic heterocycles. The summed E-state index contributed by atoms with van der Waals surface area (Å²) in [6, 6.07) is 18.3. The normalized spacial score (nSPS) is 26.3. The molecule has 2 heterocycles. The van der Waals surface area contributed by atoms with Crippen LogP contribution in [0.1, 0.15) is 81.1 Å². The zero-order valence-corrected chi connectivity index (χ0v) is 25.2. The zero-order chi connectivity index (χ0) is 23.4. The predicted octanol–water partition coefficient (Wildman–Crippen LogP) is 8.71. The van der Waals surface area contributed by atoms with Crippen LogP contribution < -0.4 is 10.6 Å². The van der Waals surface area contributed by atoms with Crippen molar-refractivity contribution >= 4 is 26.5 Å². The molecule has 4 rings (SSSR count). The third-order valence-corrected chi connectivity index (χ3v) is 16.0. The fourth-order valence-corrected chi connectivity index (χ4v) is 14.0. The quantitative estimate of drug-likeness (QED) is 0.201. The van der Waals surface area contributed by atoms with Gasteiger partial charge in [-0.05, 0) is 72.0 Å². The maximum Gasteiger partial charge on any atom is 0 e. The van der Waals surface area contributed by atoms with E-state index in [4.69, 9.17) is 0 Å². The fraction of sp³-hybridized carbons (Fsp3) is 0.667. The second-order valence-corrected chi connectivity index (χ2v) is 16.8. The second kappa shape index (κ2) is 13.4. The standard InChI is InChI=1S/2C15H24P.Fe/c2*1-11(2)14-9-10-15(12(3)4)16(14)13-7-5-6-8-13;/h2*5-8,11-12,14-15H,9-10H2,1-4H3;/q-5;-1;/t2*14-,15-;/m00./s1. The number of rotatable bonds is 6. The molecule has 0 spiro atoms. The molecule has 2 aliphatic heterocycles. The molecule has 0 radical (unpaired) electrons. The van der Waals surface area contributed by atoms with Crippen molar-refractivity contribution in [2.45, 2.75) is 104 Å². The summed E-state index contributed by atoms with van der Waals surface area (Å²) >= 11 is 0. The van der Waals surface area contributed by atoms with E-state index in [0.29, 0.717) is 0 Å². The third kappa shape index (κ3) is 7.07. The summed E-state index contributed by atoms with van der Waals surface area (Å²) in [5.41, 5.74) is 3.85. The average molecular weight is 527 g/mol. The van der Waals surface area contributed by atoms with Crippen LogP contribution in [0, 0.1) is 23.7 Å². The molecule has 0 N–H and O–H groups in total. The topological polar surface area (TPSA) is 0 Å². The molecule has 2 aromatic rings. The van der Waals surface area contributed by atoms with Gasteiger partial charge in [0, 0.05) is 17.1 Å². The summed E-state index contributed by atoms with van der Waals surface area (Å²) < 4.78 is 0. The van der Waals surface area contributed by atoms with Gasteiger partial charge in [-0.3, -0.25) is 7.92 Å². The second-order valence-electron chi connectivity index (χ2n) is 11.5. The van der Waals surface area contributed by atoms with Crippen molar-refractivity contribution in [1.29, 1.82) is 0 Å². The first kappa shape index (κ1) is 29.3. The summed E-state index contributed by atoms with van der Waals surface area (Å²) in [5, 5.41) is 3.31. The van der Waals surface area contributed by atoms with Gasteiger partial charge in [0.05, 0.1) is 0 Å². The van der Waals surface area contributed by atoms with Gasteiger partial charge < -0.3 is 29.6 Å². The van der Waals surface area contributed by atoms with Crippen molar-refractivity contribution in [3.8, 4) is 0 Å². The van der Waals surface area contributed by atoms with Crippen molar-refractivity contribution in [3.05, 3.63) is 48.5 Å². The molecule has 4 atom stereocenters. The molecule has 0 aliphatic carbocycles. The molecule has 2 saturated heterocycles. The molecule has 2 aromatic carbocycles. The van der Waals surface area contributed by atoms with E-state index in [1.807, 2.05) is 0 Å². The maximum atomic E-state index is 2.41. The maximum absolute atomic E-state index is 2.41. The SMILES string of the molecule is CC(C)[C@@H]1CC[C@@H](C(C)C)P1[c-]1[cH-][cH-][cH-][cH-]1.CC(C)[C@@H]1CC[C@@H](C(C)C)P1[c-]1cccc1.[Fe]. The first-order chi connectivity index (χ1) is 15.2. The van der Waals surface area contributed by atoms with Gasteiger partial charge in [-0.15, -0.1) is 13.2 Å². The fourth-order valence-electron chi connectivity index (χ4n) is 6.19. The van der Waals surface area contributed by atoms with Crippen LogP contribution in [0.2, 0.25) is 0 Å². The first-order valence-corrected chi connectivity index (χ1v) is 16.2. The Kier molecular flexibility index (Phi) is 11.9. The van der Waals surface area contributed by atoms with Crippen LogP contribution in [0.15, 0.2) is 48.5 Å². The Bertz CT molecular complexity index is 661. The number of hydrogen-bond acceptors (Lipinski definition) is 0. The summed E-state index contributed by atoms with van der Waals surface area (Å²) in [5.74, 6) is 3.41. The molecule has 2 fully saturated rings. The molecule has 2 aliphatic rings. The van der Waals surface area contributed by atoms with Crippen molar-refractivity contribution < 1.29 is 17.1 Å². The van der Waals surface area contributed by atoms with Crippen LogP contribution in [0.4, 0.5) is 0 Å². The van der Waals surface area contributed by atoms with E-state index in [9.17, 15) is 0 Å². The van der Waals surface area contributed by atoms with Crippen LogP contribution in [-0.4, -0.2) is 22.6 Å². The minimum Gasteiger partial charge on any atom is -0.747 e. The molecular formula is C30H48FeP2-6. The molecule has 33 heavy (non-hydrogen) atoms. The van der Waals surface area contributed by atoms with Gasteiger partial charge in [0.2, 0.25) is 0 Å². The van der Waals surface area contributed by atoms with E-state index in [1.165, 1.54) is 25.7 Å². The third-order valence-electron chi connectivity index (χ3n) is 7.91. The monoisotopic (exact) mass is 526 g/mol. The van der Waals surface area contributed by atoms with Gasteiger partial charge in [-0.1, -0.05) is 55.4 Å². The smallest absolute Gasteiger partial charge is 0 e. The van der Waals surface area contributed by atoms with E-state index >= 15 is 0 Å². The first-order valence-electron chi connectivity index (χ1n) is 13.2. The van der Waals surface area contributed by atoms with E-state index < -0.39 is 0 Å². The van der Waals surface area contributed by atoms with Crippen molar-refractivity contribution in [1.82, 2.24) is 0 Å². The van der Waals surface area contributed by atoms with Crippen LogP contribution in [0.5, 0.6) is 0 Å². The zero-order valence-electron chi connectivity index (χ0n) is 22.3. The van der Waals surface area contributed by atoms with Gasteiger partial charge in [-0.2, -0.15) is 12.1 Å². The van der Waals surface area contributed by atoms with Gasteiger partial charge in [-0.25, -0.2) is 12.1 Å². The summed E-state index contributed by atoms with van der Waals surface area (Å²) in [7, 11) is 0.182. The van der Waals surface area contributed by atoms with E-state index in [2.05, 4.69) is 104 Å². The average Bonchev–Trinajstić information content (AvgIpc) is 3.54. The van der Waals surface area contributed by atoms with E-state index in [0.717, 1.165) is 46.3 Å². The molecule has 0 unspecified atom stereocenters. The van der Waals surface area contributed by atoms with Gasteiger partial charge in [0.1, 0.15) is 0 Å². The Morgan fingerprint density at radius 1 is 0.606 bits per heavy atom. The minimum absolute atomic E-state index is 0. The van der Waals surface area contributed by atoms with Gasteiger partial charge in [0.15, 0.2) is 0 Å². The summed E-state index contributed by atoms with van der Waals surface area (Å²) in [6.45, 7) is 19.3. The molecular weight excluding hydrogens is 478 g/mol. The Morgan fingerprint density at radius 2 is 0.939 bits per heavy atom. The molecule has 0 bridgehead atoms. The largest absolute Gasteiger partial charge is 0.747 e. The molecule has 192 valence electrons. The Balaban J connectivity index is 0.000000227.